The fourth-order valence-corrected chi connectivity index (χ4v) is 2.54. The lowest BCUT2D eigenvalue weighted by Gasteiger charge is -2.15. The SMILES string of the molecule is CCC(Cc1cccc(Br)c1)C(=O)NCCNCCOC. The van der Waals surface area contributed by atoms with Crippen LogP contribution >= 0.6 is 15.9 Å². The van der Waals surface area contributed by atoms with Crippen LogP contribution in [0.15, 0.2) is 28.7 Å². The lowest BCUT2D eigenvalue weighted by molar-refractivity contribution is -0.125. The van der Waals surface area contributed by atoms with Crippen molar-refractivity contribution in [3.63, 3.8) is 0 Å². The van der Waals surface area contributed by atoms with E-state index in [1.54, 1.807) is 7.11 Å². The first-order valence-electron chi connectivity index (χ1n) is 7.39. The minimum atomic E-state index is 0.0262. The van der Waals surface area contributed by atoms with Crippen LogP contribution in [0.4, 0.5) is 0 Å². The average molecular weight is 357 g/mol. The maximum absolute atomic E-state index is 12.2. The number of amides is 1. The molecule has 118 valence electrons. The van der Waals surface area contributed by atoms with Crippen molar-refractivity contribution in [3.8, 4) is 0 Å². The molecule has 0 fully saturated rings. The summed E-state index contributed by atoms with van der Waals surface area (Å²) >= 11 is 3.46. The van der Waals surface area contributed by atoms with E-state index < -0.39 is 0 Å². The molecular formula is C16H25BrN2O2. The van der Waals surface area contributed by atoms with Gasteiger partial charge in [0.25, 0.3) is 0 Å². The van der Waals surface area contributed by atoms with E-state index in [0.717, 1.165) is 30.4 Å². The van der Waals surface area contributed by atoms with Crippen LogP contribution in [0.25, 0.3) is 0 Å². The van der Waals surface area contributed by atoms with Gasteiger partial charge in [0.2, 0.25) is 5.91 Å². The zero-order valence-electron chi connectivity index (χ0n) is 12.8. The van der Waals surface area contributed by atoms with Crippen molar-refractivity contribution in [2.45, 2.75) is 19.8 Å². The Morgan fingerprint density at radius 3 is 2.81 bits per heavy atom. The third kappa shape index (κ3) is 7.60. The first-order valence-corrected chi connectivity index (χ1v) is 8.18. The summed E-state index contributed by atoms with van der Waals surface area (Å²) in [4.78, 5) is 12.2. The second kappa shape index (κ2) is 10.8. The second-order valence-electron chi connectivity index (χ2n) is 4.97. The minimum absolute atomic E-state index is 0.0262. The Hall–Kier alpha value is -0.910. The van der Waals surface area contributed by atoms with E-state index in [-0.39, 0.29) is 11.8 Å². The highest BCUT2D eigenvalue weighted by Gasteiger charge is 2.16. The van der Waals surface area contributed by atoms with Crippen molar-refractivity contribution in [2.24, 2.45) is 5.92 Å². The summed E-state index contributed by atoms with van der Waals surface area (Å²) in [6, 6.07) is 8.13. The molecule has 5 heteroatoms. The highest BCUT2D eigenvalue weighted by molar-refractivity contribution is 9.10. The Morgan fingerprint density at radius 2 is 2.14 bits per heavy atom. The zero-order chi connectivity index (χ0) is 15.5. The average Bonchev–Trinajstić information content (AvgIpc) is 2.48. The van der Waals surface area contributed by atoms with Crippen molar-refractivity contribution in [1.29, 1.82) is 0 Å². The number of rotatable bonds is 10. The maximum Gasteiger partial charge on any atom is 0.223 e. The molecule has 0 saturated carbocycles. The van der Waals surface area contributed by atoms with Gasteiger partial charge >= 0.3 is 0 Å². The lowest BCUT2D eigenvalue weighted by Crippen LogP contribution is -2.37. The van der Waals surface area contributed by atoms with Crippen LogP contribution in [0.2, 0.25) is 0 Å². The van der Waals surface area contributed by atoms with Crippen LogP contribution in [0.1, 0.15) is 18.9 Å². The van der Waals surface area contributed by atoms with Gasteiger partial charge < -0.3 is 15.4 Å². The molecule has 0 radical (unpaired) electrons. The van der Waals surface area contributed by atoms with E-state index in [1.807, 2.05) is 12.1 Å². The molecule has 0 aliphatic carbocycles. The predicted octanol–water partition coefficient (Wildman–Crippen LogP) is 2.37. The van der Waals surface area contributed by atoms with E-state index >= 15 is 0 Å². The molecule has 1 rings (SSSR count). The molecule has 2 N–H and O–H groups in total. The van der Waals surface area contributed by atoms with Gasteiger partial charge in [-0.2, -0.15) is 0 Å². The van der Waals surface area contributed by atoms with E-state index in [0.29, 0.717) is 13.2 Å². The molecule has 1 aromatic carbocycles. The summed E-state index contributed by atoms with van der Waals surface area (Å²) in [5.74, 6) is 0.157. The molecule has 0 aliphatic heterocycles. The largest absolute Gasteiger partial charge is 0.383 e. The smallest absolute Gasteiger partial charge is 0.223 e. The minimum Gasteiger partial charge on any atom is -0.383 e. The molecule has 1 amide bonds. The quantitative estimate of drug-likeness (QED) is 0.632. The molecule has 0 spiro atoms. The normalized spacial score (nSPS) is 12.1. The van der Waals surface area contributed by atoms with Crippen LogP contribution in [0.5, 0.6) is 0 Å². The first kappa shape index (κ1) is 18.1. The molecule has 1 aromatic rings. The van der Waals surface area contributed by atoms with Crippen LogP contribution in [0, 0.1) is 5.92 Å². The van der Waals surface area contributed by atoms with Crippen molar-refractivity contribution < 1.29 is 9.53 Å². The molecule has 1 atom stereocenters. The number of carbonyl (C=O) groups is 1. The molecule has 4 nitrogen and oxygen atoms in total. The number of methoxy groups -OCH3 is 1. The third-order valence-corrected chi connectivity index (χ3v) is 3.81. The van der Waals surface area contributed by atoms with Crippen LogP contribution in [0.3, 0.4) is 0 Å². The summed E-state index contributed by atoms with van der Waals surface area (Å²) in [7, 11) is 1.68. The van der Waals surface area contributed by atoms with E-state index in [1.165, 1.54) is 5.56 Å². The Labute approximate surface area is 135 Å². The Morgan fingerprint density at radius 1 is 1.33 bits per heavy atom. The standard InChI is InChI=1S/C16H25BrN2O2/c1-3-14(11-13-5-4-6-15(17)12-13)16(20)19-8-7-18-9-10-21-2/h4-6,12,14,18H,3,7-11H2,1-2H3,(H,19,20). The van der Waals surface area contributed by atoms with Gasteiger partial charge in [0, 0.05) is 37.1 Å². The fraction of sp³-hybridized carbons (Fsp3) is 0.562. The number of halogens is 1. The zero-order valence-corrected chi connectivity index (χ0v) is 14.4. The Kier molecular flexibility index (Phi) is 9.30. The van der Waals surface area contributed by atoms with Crippen molar-refractivity contribution >= 4 is 21.8 Å². The molecule has 1 unspecified atom stereocenters. The lowest BCUT2D eigenvalue weighted by atomic mass is 9.96. The predicted molar refractivity (Wildman–Crippen MR) is 89.4 cm³/mol. The van der Waals surface area contributed by atoms with Gasteiger partial charge in [-0.15, -0.1) is 0 Å². The highest BCUT2D eigenvalue weighted by atomic mass is 79.9. The van der Waals surface area contributed by atoms with Crippen LogP contribution in [-0.2, 0) is 16.0 Å². The van der Waals surface area contributed by atoms with Gasteiger partial charge in [-0.1, -0.05) is 35.0 Å². The van der Waals surface area contributed by atoms with Crippen molar-refractivity contribution in [2.75, 3.05) is 33.4 Å². The van der Waals surface area contributed by atoms with Crippen molar-refractivity contribution in [1.82, 2.24) is 10.6 Å². The van der Waals surface area contributed by atoms with Gasteiger partial charge in [0.15, 0.2) is 0 Å². The third-order valence-electron chi connectivity index (χ3n) is 3.32. The van der Waals surface area contributed by atoms with Crippen LogP contribution in [-0.4, -0.2) is 39.3 Å². The summed E-state index contributed by atoms with van der Waals surface area (Å²) in [6.07, 6.45) is 1.62. The molecular weight excluding hydrogens is 332 g/mol. The molecule has 0 bridgehead atoms. The van der Waals surface area contributed by atoms with Gasteiger partial charge in [0.1, 0.15) is 0 Å². The van der Waals surface area contributed by atoms with E-state index in [4.69, 9.17) is 4.74 Å². The Balaban J connectivity index is 2.32. The van der Waals surface area contributed by atoms with Gasteiger partial charge in [-0.25, -0.2) is 0 Å². The topological polar surface area (TPSA) is 50.4 Å². The molecule has 0 saturated heterocycles. The van der Waals surface area contributed by atoms with Crippen molar-refractivity contribution in [3.05, 3.63) is 34.3 Å². The maximum atomic E-state index is 12.2. The molecule has 21 heavy (non-hydrogen) atoms. The van der Waals surface area contributed by atoms with Gasteiger partial charge in [-0.05, 0) is 30.5 Å². The fourth-order valence-electron chi connectivity index (χ4n) is 2.09. The van der Waals surface area contributed by atoms with Gasteiger partial charge in [0.05, 0.1) is 6.61 Å². The van der Waals surface area contributed by atoms with Crippen LogP contribution < -0.4 is 10.6 Å². The highest BCUT2D eigenvalue weighted by Crippen LogP contribution is 2.17. The summed E-state index contributed by atoms with van der Waals surface area (Å²) < 4.78 is 6.00. The van der Waals surface area contributed by atoms with E-state index in [9.17, 15) is 4.79 Å². The number of hydrogen-bond donors (Lipinski definition) is 2. The Bertz CT molecular complexity index is 426. The number of benzene rings is 1. The molecule has 0 heterocycles. The molecule has 0 aliphatic rings. The van der Waals surface area contributed by atoms with E-state index in [2.05, 4.69) is 45.6 Å². The first-order chi connectivity index (χ1) is 10.2. The second-order valence-corrected chi connectivity index (χ2v) is 5.89. The molecule has 0 aromatic heterocycles. The van der Waals surface area contributed by atoms with Gasteiger partial charge in [-0.3, -0.25) is 4.79 Å². The summed E-state index contributed by atoms with van der Waals surface area (Å²) in [5.41, 5.74) is 1.18. The number of carbonyl (C=O) groups excluding carboxylic acids is 1. The summed E-state index contributed by atoms with van der Waals surface area (Å²) in [5, 5.41) is 6.20. The summed E-state index contributed by atoms with van der Waals surface area (Å²) in [6.45, 7) is 4.97. The number of nitrogens with one attached hydrogen (secondary N) is 2. The monoisotopic (exact) mass is 356 g/mol. The number of hydrogen-bond acceptors (Lipinski definition) is 3. The number of ether oxygens (including phenoxy) is 1.